The van der Waals surface area contributed by atoms with Crippen LogP contribution in [-0.2, 0) is 10.2 Å². The summed E-state index contributed by atoms with van der Waals surface area (Å²) in [5, 5.41) is 0. The van der Waals surface area contributed by atoms with E-state index in [-0.39, 0.29) is 23.3 Å². The van der Waals surface area contributed by atoms with E-state index in [0.29, 0.717) is 6.29 Å². The molecule has 0 radical (unpaired) electrons. The highest BCUT2D eigenvalue weighted by Crippen LogP contribution is 2.32. The van der Waals surface area contributed by atoms with E-state index in [1.54, 1.807) is 6.92 Å². The third-order valence-electron chi connectivity index (χ3n) is 3.02. The van der Waals surface area contributed by atoms with Gasteiger partial charge in [0.25, 0.3) is 0 Å². The molecule has 0 fully saturated rings. The molecule has 1 rings (SSSR count). The summed E-state index contributed by atoms with van der Waals surface area (Å²) < 4.78 is 10.1. The summed E-state index contributed by atoms with van der Waals surface area (Å²) in [4.78, 5) is 22.7. The number of furan rings is 1. The van der Waals surface area contributed by atoms with Gasteiger partial charge < -0.3 is 9.15 Å². The van der Waals surface area contributed by atoms with E-state index in [0.717, 1.165) is 12.0 Å². The maximum atomic E-state index is 11.8. The number of carbonyl (C=O) groups is 2. The van der Waals surface area contributed by atoms with Gasteiger partial charge >= 0.3 is 5.97 Å². The molecule has 1 heterocycles. The number of hydrogen-bond acceptors (Lipinski definition) is 4. The van der Waals surface area contributed by atoms with Crippen LogP contribution in [0.25, 0.3) is 0 Å². The average molecular weight is 238 g/mol. The molecule has 0 unspecified atom stereocenters. The van der Waals surface area contributed by atoms with Crippen LogP contribution in [0.15, 0.2) is 10.7 Å². The van der Waals surface area contributed by atoms with Crippen LogP contribution in [-0.4, -0.2) is 18.9 Å². The van der Waals surface area contributed by atoms with Gasteiger partial charge in [-0.25, -0.2) is 4.79 Å². The fourth-order valence-corrected chi connectivity index (χ4v) is 1.56. The number of hydrogen-bond donors (Lipinski definition) is 0. The van der Waals surface area contributed by atoms with E-state index in [4.69, 9.17) is 9.15 Å². The molecule has 0 N–H and O–H groups in total. The van der Waals surface area contributed by atoms with Crippen LogP contribution in [0.4, 0.5) is 0 Å². The molecular weight excluding hydrogens is 220 g/mol. The molecular formula is C13H18O4. The third-order valence-corrected chi connectivity index (χ3v) is 3.02. The highest BCUT2D eigenvalue weighted by atomic mass is 16.5. The van der Waals surface area contributed by atoms with Gasteiger partial charge in [-0.15, -0.1) is 0 Å². The first-order chi connectivity index (χ1) is 7.97. The molecule has 1 aromatic rings. The topological polar surface area (TPSA) is 56.5 Å². The summed E-state index contributed by atoms with van der Waals surface area (Å²) >= 11 is 0. The minimum atomic E-state index is -0.500. The molecule has 0 atom stereocenters. The summed E-state index contributed by atoms with van der Waals surface area (Å²) in [6.07, 6.45) is 2.85. The van der Waals surface area contributed by atoms with Gasteiger partial charge in [-0.05, 0) is 18.8 Å². The highest BCUT2D eigenvalue weighted by molar-refractivity contribution is 5.98. The lowest BCUT2D eigenvalue weighted by Crippen LogP contribution is -2.20. The fraction of sp³-hybridized carbons (Fsp3) is 0.538. The summed E-state index contributed by atoms with van der Waals surface area (Å²) in [7, 11) is 0. The lowest BCUT2D eigenvalue weighted by Gasteiger charge is -2.22. The molecule has 94 valence electrons. The first-order valence-electron chi connectivity index (χ1n) is 5.72. The van der Waals surface area contributed by atoms with Crippen molar-refractivity contribution < 1.29 is 18.7 Å². The Labute approximate surface area is 101 Å². The number of rotatable bonds is 5. The lowest BCUT2D eigenvalue weighted by atomic mass is 9.81. The molecule has 0 aliphatic rings. The van der Waals surface area contributed by atoms with Crippen LogP contribution in [0.2, 0.25) is 0 Å². The molecule has 17 heavy (non-hydrogen) atoms. The van der Waals surface area contributed by atoms with E-state index in [1.807, 2.05) is 20.8 Å². The van der Waals surface area contributed by atoms with Crippen molar-refractivity contribution in [1.82, 2.24) is 0 Å². The Morgan fingerprint density at radius 1 is 1.47 bits per heavy atom. The summed E-state index contributed by atoms with van der Waals surface area (Å²) in [6.45, 7) is 8.00. The number of ether oxygens (including phenoxy) is 1. The van der Waals surface area contributed by atoms with Crippen LogP contribution in [0.1, 0.15) is 60.6 Å². The molecule has 4 nitrogen and oxygen atoms in total. The second-order valence-corrected chi connectivity index (χ2v) is 4.46. The van der Waals surface area contributed by atoms with Gasteiger partial charge in [0.05, 0.1) is 12.9 Å². The van der Waals surface area contributed by atoms with Crippen molar-refractivity contribution in [2.24, 2.45) is 0 Å². The van der Waals surface area contributed by atoms with E-state index in [2.05, 4.69) is 0 Å². The van der Waals surface area contributed by atoms with Crippen molar-refractivity contribution in [1.29, 1.82) is 0 Å². The molecule has 1 aromatic heterocycles. The van der Waals surface area contributed by atoms with Gasteiger partial charge in [-0.3, -0.25) is 4.79 Å². The predicted octanol–water partition coefficient (Wildman–Crippen LogP) is 2.96. The SMILES string of the molecule is CCOC(=O)c1c(C(C)(C)CC)coc1C=O. The summed E-state index contributed by atoms with van der Waals surface area (Å²) in [5.41, 5.74) is 0.751. The lowest BCUT2D eigenvalue weighted by molar-refractivity contribution is 0.0520. The van der Waals surface area contributed by atoms with Crippen LogP contribution in [0.3, 0.4) is 0 Å². The van der Waals surface area contributed by atoms with Gasteiger partial charge in [0.15, 0.2) is 12.0 Å². The van der Waals surface area contributed by atoms with Gasteiger partial charge in [-0.2, -0.15) is 0 Å². The van der Waals surface area contributed by atoms with Crippen molar-refractivity contribution in [3.8, 4) is 0 Å². The minimum Gasteiger partial charge on any atom is -0.462 e. The summed E-state index contributed by atoms with van der Waals surface area (Å²) in [6, 6.07) is 0. The van der Waals surface area contributed by atoms with Crippen LogP contribution >= 0.6 is 0 Å². The quantitative estimate of drug-likeness (QED) is 0.584. The van der Waals surface area contributed by atoms with E-state index >= 15 is 0 Å². The maximum absolute atomic E-state index is 11.8. The zero-order chi connectivity index (χ0) is 13.1. The Hall–Kier alpha value is -1.58. The van der Waals surface area contributed by atoms with Gasteiger partial charge in [0.1, 0.15) is 5.56 Å². The Kier molecular flexibility index (Phi) is 4.10. The van der Waals surface area contributed by atoms with Gasteiger partial charge in [0, 0.05) is 5.56 Å². The van der Waals surface area contributed by atoms with E-state index < -0.39 is 5.97 Å². The Morgan fingerprint density at radius 3 is 2.59 bits per heavy atom. The molecule has 0 saturated carbocycles. The van der Waals surface area contributed by atoms with Crippen molar-refractivity contribution in [3.63, 3.8) is 0 Å². The van der Waals surface area contributed by atoms with Gasteiger partial charge in [0.2, 0.25) is 0 Å². The van der Waals surface area contributed by atoms with Crippen LogP contribution in [0.5, 0.6) is 0 Å². The second-order valence-electron chi connectivity index (χ2n) is 4.46. The first kappa shape index (κ1) is 13.5. The number of esters is 1. The van der Waals surface area contributed by atoms with Crippen molar-refractivity contribution in [2.75, 3.05) is 6.61 Å². The fourth-order valence-electron chi connectivity index (χ4n) is 1.56. The number of aldehydes is 1. The summed E-state index contributed by atoms with van der Waals surface area (Å²) in [5.74, 6) is -0.458. The van der Waals surface area contributed by atoms with Crippen molar-refractivity contribution in [3.05, 3.63) is 23.2 Å². The van der Waals surface area contributed by atoms with E-state index in [9.17, 15) is 9.59 Å². The zero-order valence-corrected chi connectivity index (χ0v) is 10.7. The standard InChI is InChI=1S/C13H18O4/c1-5-13(3,4)9-8-17-10(7-14)11(9)12(15)16-6-2/h7-8H,5-6H2,1-4H3. The second kappa shape index (κ2) is 5.17. The zero-order valence-electron chi connectivity index (χ0n) is 10.7. The van der Waals surface area contributed by atoms with E-state index in [1.165, 1.54) is 6.26 Å². The predicted molar refractivity (Wildman–Crippen MR) is 63.4 cm³/mol. The van der Waals surface area contributed by atoms with Crippen LogP contribution in [0, 0.1) is 0 Å². The van der Waals surface area contributed by atoms with Gasteiger partial charge in [-0.1, -0.05) is 20.8 Å². The monoisotopic (exact) mass is 238 g/mol. The third kappa shape index (κ3) is 2.57. The molecule has 0 amide bonds. The Bertz CT molecular complexity index is 415. The number of carbonyl (C=O) groups excluding carboxylic acids is 2. The molecule has 0 spiro atoms. The molecule has 0 bridgehead atoms. The molecule has 0 aliphatic heterocycles. The average Bonchev–Trinajstić information content (AvgIpc) is 2.73. The van der Waals surface area contributed by atoms with Crippen LogP contribution < -0.4 is 0 Å². The largest absolute Gasteiger partial charge is 0.462 e. The van der Waals surface area contributed by atoms with Crippen molar-refractivity contribution in [2.45, 2.75) is 39.5 Å². The molecule has 4 heteroatoms. The molecule has 0 aromatic carbocycles. The molecule has 0 aliphatic carbocycles. The maximum Gasteiger partial charge on any atom is 0.342 e. The molecule has 0 saturated heterocycles. The highest BCUT2D eigenvalue weighted by Gasteiger charge is 2.30. The Morgan fingerprint density at radius 2 is 2.12 bits per heavy atom. The normalized spacial score (nSPS) is 11.3. The minimum absolute atomic E-state index is 0.0416. The Balaban J connectivity index is 3.28. The smallest absolute Gasteiger partial charge is 0.342 e. The first-order valence-corrected chi connectivity index (χ1v) is 5.72. The van der Waals surface area contributed by atoms with Crippen molar-refractivity contribution >= 4 is 12.3 Å².